The molecule has 34 heavy (non-hydrogen) atoms. The predicted molar refractivity (Wildman–Crippen MR) is 146 cm³/mol. The lowest BCUT2D eigenvalue weighted by atomic mass is 10.2. The van der Waals surface area contributed by atoms with E-state index in [0.717, 1.165) is 0 Å². The van der Waals surface area contributed by atoms with Crippen LogP contribution in [0.25, 0.3) is 0 Å². The first-order valence-electron chi connectivity index (χ1n) is 9.36. The van der Waals surface area contributed by atoms with Gasteiger partial charge in [0.05, 0.1) is 33.7 Å². The first-order valence-corrected chi connectivity index (χ1v) is 11.6. The molecule has 0 unspecified atom stereocenters. The lowest BCUT2D eigenvalue weighted by molar-refractivity contribution is 0.890. The molecule has 12 heteroatoms. The molecule has 0 aromatic heterocycles. The molecule has 0 bridgehead atoms. The van der Waals surface area contributed by atoms with E-state index in [-0.39, 0.29) is 5.96 Å². The Morgan fingerprint density at radius 2 is 0.941 bits per heavy atom. The number of hydrogen-bond donors (Lipinski definition) is 2. The van der Waals surface area contributed by atoms with Crippen LogP contribution in [0.1, 0.15) is 16.7 Å². The van der Waals surface area contributed by atoms with Crippen LogP contribution in [-0.4, -0.2) is 24.6 Å². The van der Waals surface area contributed by atoms with Gasteiger partial charge in [-0.25, -0.2) is 10.9 Å². The molecule has 0 aliphatic rings. The van der Waals surface area contributed by atoms with E-state index in [1.165, 1.54) is 18.6 Å². The molecule has 0 saturated heterocycles. The molecular weight excluding hydrogens is 561 g/mol. The average molecular weight is 575 g/mol. The smallest absolute Gasteiger partial charge is 0.244 e. The molecule has 2 N–H and O–H groups in total. The number of guanidine groups is 1. The van der Waals surface area contributed by atoms with Crippen LogP contribution in [0.15, 0.2) is 75.0 Å². The second-order valence-corrected chi connectivity index (χ2v) is 8.96. The molecule has 0 aliphatic heterocycles. The normalized spacial score (nSPS) is 11.5. The average Bonchev–Trinajstić information content (AvgIpc) is 2.77. The van der Waals surface area contributed by atoms with Crippen molar-refractivity contribution in [1.82, 2.24) is 10.9 Å². The zero-order valence-electron chi connectivity index (χ0n) is 17.0. The van der Waals surface area contributed by atoms with E-state index in [4.69, 9.17) is 69.6 Å². The molecule has 0 spiro atoms. The Kier molecular flexibility index (Phi) is 10.0. The number of hydrazone groups is 2. The minimum absolute atomic E-state index is 0.101. The van der Waals surface area contributed by atoms with Gasteiger partial charge in [0.25, 0.3) is 5.96 Å². The van der Waals surface area contributed by atoms with Crippen molar-refractivity contribution in [1.29, 1.82) is 0 Å². The van der Waals surface area contributed by atoms with Gasteiger partial charge in [-0.2, -0.15) is 15.3 Å². The molecule has 0 fully saturated rings. The van der Waals surface area contributed by atoms with Crippen molar-refractivity contribution in [2.45, 2.75) is 0 Å². The van der Waals surface area contributed by atoms with E-state index in [0.29, 0.717) is 46.8 Å². The molecule has 3 aromatic rings. The van der Waals surface area contributed by atoms with Crippen LogP contribution in [0, 0.1) is 0 Å². The molecule has 3 aromatic carbocycles. The SMILES string of the molecule is Clc1ccc(/C=N/N=C(N/N=C/c2ccc(Cl)cc2Cl)N/N=C/c2ccc(Cl)cc2Cl)c(Cl)c1. The van der Waals surface area contributed by atoms with Crippen molar-refractivity contribution in [3.8, 4) is 0 Å². The molecular formula is C22H14Cl6N6. The highest BCUT2D eigenvalue weighted by atomic mass is 35.5. The van der Waals surface area contributed by atoms with Gasteiger partial charge in [-0.3, -0.25) is 0 Å². The highest BCUT2D eigenvalue weighted by molar-refractivity contribution is 6.37. The molecule has 174 valence electrons. The van der Waals surface area contributed by atoms with Gasteiger partial charge in [-0.1, -0.05) is 87.8 Å². The van der Waals surface area contributed by atoms with E-state index in [2.05, 4.69) is 31.3 Å². The summed E-state index contributed by atoms with van der Waals surface area (Å²) >= 11 is 36.2. The Balaban J connectivity index is 1.77. The van der Waals surface area contributed by atoms with Gasteiger partial charge in [-0.05, 0) is 36.4 Å². The largest absolute Gasteiger partial charge is 0.257 e. The zero-order valence-corrected chi connectivity index (χ0v) is 21.5. The lowest BCUT2D eigenvalue weighted by Crippen LogP contribution is -2.30. The standard InChI is InChI=1S/C22H14Cl6N6/c23-16-4-1-13(19(26)7-16)10-29-32-22(33-30-11-14-2-5-17(24)8-20(14)27)34-31-12-15-3-6-18(25)9-21(15)28/h1-12H,(H2,32,33,34)/b29-10+,30-11+,31-12+. The number of benzene rings is 3. The van der Waals surface area contributed by atoms with Gasteiger partial charge >= 0.3 is 0 Å². The second-order valence-electron chi connectivity index (χ2n) is 6.43. The van der Waals surface area contributed by atoms with Gasteiger partial charge in [0.1, 0.15) is 0 Å². The van der Waals surface area contributed by atoms with Crippen molar-refractivity contribution in [2.24, 2.45) is 20.4 Å². The molecule has 0 atom stereocenters. The van der Waals surface area contributed by atoms with Crippen LogP contribution in [0.2, 0.25) is 30.1 Å². The monoisotopic (exact) mass is 572 g/mol. The van der Waals surface area contributed by atoms with E-state index in [1.807, 2.05) is 0 Å². The molecule has 0 saturated carbocycles. The summed E-state index contributed by atoms with van der Waals surface area (Å²) in [4.78, 5) is 0. The summed E-state index contributed by atoms with van der Waals surface area (Å²) in [6, 6.07) is 15.1. The van der Waals surface area contributed by atoms with Crippen LogP contribution < -0.4 is 10.9 Å². The van der Waals surface area contributed by atoms with E-state index in [1.54, 1.807) is 54.6 Å². The van der Waals surface area contributed by atoms with Gasteiger partial charge in [0.2, 0.25) is 0 Å². The summed E-state index contributed by atoms with van der Waals surface area (Å²) in [6.07, 6.45) is 4.45. The third-order valence-electron chi connectivity index (χ3n) is 3.99. The second kappa shape index (κ2) is 13.0. The summed E-state index contributed by atoms with van der Waals surface area (Å²) in [5, 5.41) is 19.2. The first-order chi connectivity index (χ1) is 16.3. The summed E-state index contributed by atoms with van der Waals surface area (Å²) in [7, 11) is 0. The van der Waals surface area contributed by atoms with Crippen molar-refractivity contribution in [2.75, 3.05) is 0 Å². The number of hydrogen-bond acceptors (Lipinski definition) is 4. The highest BCUT2D eigenvalue weighted by Crippen LogP contribution is 2.21. The Bertz CT molecular complexity index is 1220. The molecule has 0 heterocycles. The van der Waals surface area contributed by atoms with Gasteiger partial charge in [0, 0.05) is 31.8 Å². The van der Waals surface area contributed by atoms with E-state index >= 15 is 0 Å². The molecule has 0 amide bonds. The maximum absolute atomic E-state index is 6.16. The van der Waals surface area contributed by atoms with E-state index in [9.17, 15) is 0 Å². The lowest BCUT2D eigenvalue weighted by Gasteiger charge is -2.04. The zero-order chi connectivity index (χ0) is 24.5. The van der Waals surface area contributed by atoms with Crippen molar-refractivity contribution >= 4 is 94.2 Å². The van der Waals surface area contributed by atoms with Gasteiger partial charge in [0.15, 0.2) is 0 Å². The molecule has 6 nitrogen and oxygen atoms in total. The number of halogens is 6. The predicted octanol–water partition coefficient (Wildman–Crippen LogP) is 7.54. The quantitative estimate of drug-likeness (QED) is 0.181. The maximum Gasteiger partial charge on any atom is 0.257 e. The van der Waals surface area contributed by atoms with Gasteiger partial charge < -0.3 is 0 Å². The van der Waals surface area contributed by atoms with Crippen molar-refractivity contribution in [3.63, 3.8) is 0 Å². The first kappa shape index (κ1) is 26.3. The summed E-state index contributed by atoms with van der Waals surface area (Å²) in [5.41, 5.74) is 7.34. The van der Waals surface area contributed by atoms with Crippen molar-refractivity contribution < 1.29 is 0 Å². The summed E-state index contributed by atoms with van der Waals surface area (Å²) in [6.45, 7) is 0. The van der Waals surface area contributed by atoms with Crippen LogP contribution in [0.5, 0.6) is 0 Å². The van der Waals surface area contributed by atoms with E-state index < -0.39 is 0 Å². The topological polar surface area (TPSA) is 73.5 Å². The third-order valence-corrected chi connectivity index (χ3v) is 5.68. The minimum Gasteiger partial charge on any atom is -0.244 e. The van der Waals surface area contributed by atoms with Gasteiger partial charge in [-0.15, -0.1) is 5.10 Å². The van der Waals surface area contributed by atoms with Crippen LogP contribution >= 0.6 is 69.6 Å². The summed E-state index contributed by atoms with van der Waals surface area (Å²) in [5.74, 6) is 0.101. The number of nitrogens with zero attached hydrogens (tertiary/aromatic N) is 4. The summed E-state index contributed by atoms with van der Waals surface area (Å²) < 4.78 is 0. The molecule has 0 radical (unpaired) electrons. The molecule has 3 rings (SSSR count). The maximum atomic E-state index is 6.16. The third kappa shape index (κ3) is 8.17. The number of rotatable bonds is 6. The van der Waals surface area contributed by atoms with Crippen LogP contribution in [-0.2, 0) is 0 Å². The Morgan fingerprint density at radius 3 is 1.32 bits per heavy atom. The Hall–Kier alpha value is -2.32. The minimum atomic E-state index is 0.101. The molecule has 0 aliphatic carbocycles. The van der Waals surface area contributed by atoms with Crippen LogP contribution in [0.4, 0.5) is 0 Å². The number of nitrogens with one attached hydrogen (secondary N) is 2. The highest BCUT2D eigenvalue weighted by Gasteiger charge is 2.02. The fraction of sp³-hybridized carbons (Fsp3) is 0. The fourth-order valence-corrected chi connectivity index (χ4v) is 3.73. The van der Waals surface area contributed by atoms with Crippen LogP contribution in [0.3, 0.4) is 0 Å². The Morgan fingerprint density at radius 1 is 0.559 bits per heavy atom. The van der Waals surface area contributed by atoms with Crippen molar-refractivity contribution in [3.05, 3.63) is 101 Å². The fourth-order valence-electron chi connectivity index (χ4n) is 2.36. The Labute approximate surface area is 225 Å².